The van der Waals surface area contributed by atoms with E-state index in [1.54, 1.807) is 24.1 Å². The number of sulfone groups is 1. The van der Waals surface area contributed by atoms with E-state index in [0.717, 1.165) is 22.5 Å². The van der Waals surface area contributed by atoms with E-state index < -0.39 is 9.84 Å². The van der Waals surface area contributed by atoms with E-state index in [9.17, 15) is 17.6 Å². The number of carbonyl (C=O) groups excluding carboxylic acids is 1. The zero-order valence-electron chi connectivity index (χ0n) is 16.5. The van der Waals surface area contributed by atoms with Crippen LogP contribution < -0.4 is 0 Å². The normalized spacial score (nSPS) is 18.4. The molecule has 0 spiro atoms. The van der Waals surface area contributed by atoms with Gasteiger partial charge < -0.3 is 4.90 Å². The number of hydrogen-bond donors (Lipinski definition) is 0. The monoisotopic (exact) mass is 407 g/mol. The van der Waals surface area contributed by atoms with Crippen LogP contribution in [0.5, 0.6) is 0 Å². The third kappa shape index (κ3) is 4.60. The van der Waals surface area contributed by atoms with Crippen molar-refractivity contribution in [1.29, 1.82) is 0 Å². The molecule has 0 bridgehead atoms. The van der Waals surface area contributed by atoms with Gasteiger partial charge in [0.05, 0.1) is 23.2 Å². The van der Waals surface area contributed by atoms with Crippen molar-refractivity contribution < 1.29 is 17.6 Å². The first-order chi connectivity index (χ1) is 13.2. The van der Waals surface area contributed by atoms with E-state index in [4.69, 9.17) is 0 Å². The second-order valence-corrected chi connectivity index (χ2v) is 9.76. The van der Waals surface area contributed by atoms with Gasteiger partial charge in [-0.1, -0.05) is 12.1 Å². The van der Waals surface area contributed by atoms with Gasteiger partial charge in [0.1, 0.15) is 5.82 Å². The van der Waals surface area contributed by atoms with Gasteiger partial charge in [-0.05, 0) is 44.4 Å². The Kier molecular flexibility index (Phi) is 5.88. The Morgan fingerprint density at radius 2 is 1.96 bits per heavy atom. The molecule has 0 radical (unpaired) electrons. The first-order valence-corrected chi connectivity index (χ1v) is 11.2. The minimum Gasteiger partial charge on any atom is -0.341 e. The summed E-state index contributed by atoms with van der Waals surface area (Å²) < 4.78 is 38.3. The minimum absolute atomic E-state index is 0.000630. The first kappa shape index (κ1) is 20.5. The summed E-state index contributed by atoms with van der Waals surface area (Å²) in [4.78, 5) is 14.2. The molecule has 0 unspecified atom stereocenters. The molecule has 8 heteroatoms. The summed E-state index contributed by atoms with van der Waals surface area (Å²) in [6.07, 6.45) is 1.48. The predicted octanol–water partition coefficient (Wildman–Crippen LogP) is 2.59. The van der Waals surface area contributed by atoms with Gasteiger partial charge in [-0.3, -0.25) is 9.48 Å². The van der Waals surface area contributed by atoms with Gasteiger partial charge in [0.15, 0.2) is 9.84 Å². The van der Waals surface area contributed by atoms with Crippen LogP contribution in [-0.2, 0) is 27.6 Å². The fourth-order valence-electron chi connectivity index (χ4n) is 3.67. The van der Waals surface area contributed by atoms with Gasteiger partial charge in [-0.15, -0.1) is 0 Å². The van der Waals surface area contributed by atoms with Gasteiger partial charge >= 0.3 is 0 Å². The Hall–Kier alpha value is -2.22. The van der Waals surface area contributed by atoms with Gasteiger partial charge in [-0.25, -0.2) is 12.8 Å². The average molecular weight is 408 g/mol. The van der Waals surface area contributed by atoms with E-state index in [2.05, 4.69) is 5.10 Å². The highest BCUT2D eigenvalue weighted by molar-refractivity contribution is 7.91. The SMILES string of the molecule is Cc1nn([C@H]2CCS(=O)(=O)C2)c(C)c1CN(C)C(=O)CCc1ccc(F)cc1. The zero-order valence-corrected chi connectivity index (χ0v) is 17.3. The lowest BCUT2D eigenvalue weighted by Gasteiger charge is -2.18. The zero-order chi connectivity index (χ0) is 20.5. The first-order valence-electron chi connectivity index (χ1n) is 9.39. The van der Waals surface area contributed by atoms with E-state index in [1.807, 2.05) is 18.5 Å². The van der Waals surface area contributed by atoms with Crippen LogP contribution >= 0.6 is 0 Å². The molecule has 152 valence electrons. The number of aromatic nitrogens is 2. The molecule has 1 aromatic carbocycles. The summed E-state index contributed by atoms with van der Waals surface area (Å²) in [6, 6.07) is 6.05. The van der Waals surface area contributed by atoms with Crippen LogP contribution in [0.2, 0.25) is 0 Å². The highest BCUT2D eigenvalue weighted by atomic mass is 32.2. The van der Waals surface area contributed by atoms with E-state index in [1.165, 1.54) is 12.1 Å². The number of benzene rings is 1. The van der Waals surface area contributed by atoms with Gasteiger partial charge in [0, 0.05) is 31.3 Å². The molecule has 1 fully saturated rings. The predicted molar refractivity (Wildman–Crippen MR) is 105 cm³/mol. The molecule has 0 N–H and O–H groups in total. The fraction of sp³-hybridized carbons (Fsp3) is 0.500. The van der Waals surface area contributed by atoms with E-state index in [-0.39, 0.29) is 29.3 Å². The third-order valence-corrected chi connectivity index (χ3v) is 7.14. The lowest BCUT2D eigenvalue weighted by Crippen LogP contribution is -2.27. The average Bonchev–Trinajstić information content (AvgIpc) is 3.14. The summed E-state index contributed by atoms with van der Waals surface area (Å²) in [5.74, 6) is 0.0399. The quantitative estimate of drug-likeness (QED) is 0.738. The van der Waals surface area contributed by atoms with Crippen molar-refractivity contribution in [2.45, 2.75) is 45.7 Å². The van der Waals surface area contributed by atoms with Gasteiger partial charge in [-0.2, -0.15) is 5.10 Å². The maximum absolute atomic E-state index is 13.0. The molecule has 0 saturated carbocycles. The molecule has 1 atom stereocenters. The highest BCUT2D eigenvalue weighted by Crippen LogP contribution is 2.27. The maximum Gasteiger partial charge on any atom is 0.222 e. The summed E-state index contributed by atoms with van der Waals surface area (Å²) in [6.45, 7) is 4.25. The van der Waals surface area contributed by atoms with Crippen molar-refractivity contribution in [3.8, 4) is 0 Å². The Morgan fingerprint density at radius 1 is 1.29 bits per heavy atom. The smallest absolute Gasteiger partial charge is 0.222 e. The molecule has 2 heterocycles. The standard InChI is InChI=1S/C20H26FN3O3S/c1-14-19(15(2)24(22-14)18-10-11-28(26,27)13-18)12-23(3)20(25)9-6-16-4-7-17(21)8-5-16/h4-5,7-8,18H,6,9-13H2,1-3H3/t18-/m0/s1. The molecule has 2 aromatic rings. The van der Waals surface area contributed by atoms with Crippen molar-refractivity contribution >= 4 is 15.7 Å². The molecule has 6 nitrogen and oxygen atoms in total. The van der Waals surface area contributed by atoms with Crippen LogP contribution in [0, 0.1) is 19.7 Å². The topological polar surface area (TPSA) is 72.3 Å². The molecule has 1 saturated heterocycles. The molecule has 0 aliphatic carbocycles. The number of carbonyl (C=O) groups is 1. The number of halogens is 1. The lowest BCUT2D eigenvalue weighted by molar-refractivity contribution is -0.130. The van der Waals surface area contributed by atoms with Crippen LogP contribution in [0.4, 0.5) is 4.39 Å². The van der Waals surface area contributed by atoms with Crippen molar-refractivity contribution in [1.82, 2.24) is 14.7 Å². The second kappa shape index (κ2) is 8.03. The molecular formula is C20H26FN3O3S. The van der Waals surface area contributed by atoms with Crippen molar-refractivity contribution in [2.24, 2.45) is 0 Å². The van der Waals surface area contributed by atoms with Crippen LogP contribution in [0.1, 0.15) is 41.4 Å². The summed E-state index contributed by atoms with van der Waals surface area (Å²) in [5.41, 5.74) is 3.62. The van der Waals surface area contributed by atoms with Crippen LogP contribution in [0.3, 0.4) is 0 Å². The molecule has 1 aliphatic heterocycles. The van der Waals surface area contributed by atoms with Crippen LogP contribution in [-0.4, -0.2) is 47.6 Å². The summed E-state index contributed by atoms with van der Waals surface area (Å²) in [5, 5.41) is 4.55. The maximum atomic E-state index is 13.0. The number of hydrogen-bond acceptors (Lipinski definition) is 4. The molecule has 1 amide bonds. The van der Waals surface area contributed by atoms with Crippen molar-refractivity contribution in [3.63, 3.8) is 0 Å². The molecule has 1 aliphatic rings. The van der Waals surface area contributed by atoms with Crippen molar-refractivity contribution in [3.05, 3.63) is 52.6 Å². The number of rotatable bonds is 6. The number of amides is 1. The Labute approximate surface area is 165 Å². The Morgan fingerprint density at radius 3 is 2.57 bits per heavy atom. The second-order valence-electron chi connectivity index (χ2n) is 7.53. The Balaban J connectivity index is 1.64. The Bertz CT molecular complexity index is 967. The number of nitrogens with zero attached hydrogens (tertiary/aromatic N) is 3. The number of aryl methyl sites for hydroxylation is 2. The largest absolute Gasteiger partial charge is 0.341 e. The minimum atomic E-state index is -2.99. The summed E-state index contributed by atoms with van der Waals surface area (Å²) >= 11 is 0. The molecule has 3 rings (SSSR count). The van der Waals surface area contributed by atoms with Gasteiger partial charge in [0.2, 0.25) is 5.91 Å². The lowest BCUT2D eigenvalue weighted by atomic mass is 10.1. The van der Waals surface area contributed by atoms with Crippen LogP contribution in [0.15, 0.2) is 24.3 Å². The molecule has 28 heavy (non-hydrogen) atoms. The summed E-state index contributed by atoms with van der Waals surface area (Å²) in [7, 11) is -1.23. The van der Waals surface area contributed by atoms with Crippen molar-refractivity contribution in [2.75, 3.05) is 18.6 Å². The van der Waals surface area contributed by atoms with Crippen LogP contribution in [0.25, 0.3) is 0 Å². The van der Waals surface area contributed by atoms with E-state index >= 15 is 0 Å². The third-order valence-electron chi connectivity index (χ3n) is 5.39. The van der Waals surface area contributed by atoms with Gasteiger partial charge in [0.25, 0.3) is 0 Å². The fourth-order valence-corrected chi connectivity index (χ4v) is 5.36. The molecule has 1 aromatic heterocycles. The highest BCUT2D eigenvalue weighted by Gasteiger charge is 2.31. The van der Waals surface area contributed by atoms with E-state index in [0.29, 0.717) is 25.8 Å². The molecular weight excluding hydrogens is 381 g/mol.